The molecule has 1 heterocycles. The lowest BCUT2D eigenvalue weighted by Crippen LogP contribution is -2.07. The lowest BCUT2D eigenvalue weighted by molar-refractivity contribution is 0.0475. The number of aromatic nitrogens is 1. The second kappa shape index (κ2) is 8.01. The summed E-state index contributed by atoms with van der Waals surface area (Å²) in [6.45, 7) is 0.161. The van der Waals surface area contributed by atoms with Gasteiger partial charge in [-0.05, 0) is 35.9 Å². The summed E-state index contributed by atoms with van der Waals surface area (Å²) >= 11 is 12.2. The van der Waals surface area contributed by atoms with E-state index in [2.05, 4.69) is 4.98 Å². The van der Waals surface area contributed by atoms with E-state index in [-0.39, 0.29) is 6.61 Å². The molecule has 0 aliphatic rings. The Kier molecular flexibility index (Phi) is 5.29. The molecule has 5 heteroatoms. The van der Waals surface area contributed by atoms with Crippen molar-refractivity contribution in [2.75, 3.05) is 0 Å². The zero-order valence-electron chi connectivity index (χ0n) is 14.7. The summed E-state index contributed by atoms with van der Waals surface area (Å²) in [6.07, 6.45) is 0. The van der Waals surface area contributed by atoms with Crippen LogP contribution in [0.2, 0.25) is 10.0 Å². The number of fused-ring (bicyclic) bond motifs is 1. The van der Waals surface area contributed by atoms with Crippen molar-refractivity contribution >= 4 is 40.1 Å². The van der Waals surface area contributed by atoms with Crippen molar-refractivity contribution in [3.63, 3.8) is 0 Å². The molecule has 0 unspecified atom stereocenters. The monoisotopic (exact) mass is 407 g/mol. The number of carbonyl (C=O) groups is 1. The van der Waals surface area contributed by atoms with Crippen LogP contribution in [0, 0.1) is 0 Å². The minimum atomic E-state index is -0.415. The van der Waals surface area contributed by atoms with Crippen LogP contribution in [0.1, 0.15) is 15.9 Å². The van der Waals surface area contributed by atoms with Crippen LogP contribution in [0.25, 0.3) is 22.2 Å². The molecule has 0 atom stereocenters. The predicted octanol–water partition coefficient (Wildman–Crippen LogP) is 6.57. The Morgan fingerprint density at radius 2 is 1.61 bits per heavy atom. The molecule has 0 fully saturated rings. The number of pyridine rings is 1. The number of rotatable bonds is 4. The van der Waals surface area contributed by atoms with Crippen LogP contribution in [-0.2, 0) is 11.3 Å². The Morgan fingerprint density at radius 1 is 0.893 bits per heavy atom. The summed E-state index contributed by atoms with van der Waals surface area (Å²) in [5, 5.41) is 1.95. The van der Waals surface area contributed by atoms with Gasteiger partial charge in [0.05, 0.1) is 16.8 Å². The van der Waals surface area contributed by atoms with E-state index in [1.807, 2.05) is 54.6 Å². The Morgan fingerprint density at radius 3 is 2.39 bits per heavy atom. The molecular weight excluding hydrogens is 393 g/mol. The normalized spacial score (nSPS) is 10.8. The van der Waals surface area contributed by atoms with Gasteiger partial charge in [0.15, 0.2) is 0 Å². The third-order valence-electron chi connectivity index (χ3n) is 4.37. The quantitative estimate of drug-likeness (QED) is 0.359. The molecule has 0 saturated heterocycles. The highest BCUT2D eigenvalue weighted by molar-refractivity contribution is 6.33. The van der Waals surface area contributed by atoms with Crippen LogP contribution in [0.5, 0.6) is 0 Å². The third-order valence-corrected chi connectivity index (χ3v) is 4.95. The number of hydrogen-bond acceptors (Lipinski definition) is 3. The largest absolute Gasteiger partial charge is 0.457 e. The minimum Gasteiger partial charge on any atom is -0.457 e. The molecule has 28 heavy (non-hydrogen) atoms. The highest BCUT2D eigenvalue weighted by Gasteiger charge is 2.16. The van der Waals surface area contributed by atoms with Crippen molar-refractivity contribution in [3.05, 3.63) is 100 Å². The Labute approximate surface area is 172 Å². The van der Waals surface area contributed by atoms with Gasteiger partial charge < -0.3 is 4.74 Å². The maximum atomic E-state index is 12.9. The molecule has 0 aliphatic heterocycles. The topological polar surface area (TPSA) is 39.2 Å². The fourth-order valence-corrected chi connectivity index (χ4v) is 3.32. The zero-order valence-corrected chi connectivity index (χ0v) is 16.2. The summed E-state index contributed by atoms with van der Waals surface area (Å²) < 4.78 is 5.54. The molecule has 0 saturated carbocycles. The molecule has 3 aromatic carbocycles. The molecule has 4 aromatic rings. The van der Waals surface area contributed by atoms with E-state index in [1.165, 1.54) is 0 Å². The van der Waals surface area contributed by atoms with Crippen molar-refractivity contribution in [1.29, 1.82) is 0 Å². The van der Waals surface area contributed by atoms with Crippen LogP contribution in [0.4, 0.5) is 0 Å². The summed E-state index contributed by atoms with van der Waals surface area (Å²) in [6, 6.07) is 23.8. The van der Waals surface area contributed by atoms with Gasteiger partial charge in [0.2, 0.25) is 0 Å². The van der Waals surface area contributed by atoms with E-state index in [0.717, 1.165) is 16.5 Å². The summed E-state index contributed by atoms with van der Waals surface area (Å²) in [5.74, 6) is -0.415. The number of para-hydroxylation sites is 1. The number of nitrogens with zero attached hydrogens (tertiary/aromatic N) is 1. The number of esters is 1. The molecule has 0 N–H and O–H groups in total. The molecule has 0 spiro atoms. The first-order chi connectivity index (χ1) is 13.6. The smallest absolute Gasteiger partial charge is 0.339 e. The van der Waals surface area contributed by atoms with Crippen molar-refractivity contribution in [2.45, 2.75) is 6.61 Å². The van der Waals surface area contributed by atoms with Gasteiger partial charge in [0.1, 0.15) is 6.61 Å². The van der Waals surface area contributed by atoms with Crippen molar-refractivity contribution < 1.29 is 9.53 Å². The second-order valence-electron chi connectivity index (χ2n) is 6.25. The van der Waals surface area contributed by atoms with Gasteiger partial charge in [-0.25, -0.2) is 9.78 Å². The van der Waals surface area contributed by atoms with Crippen molar-refractivity contribution in [1.82, 2.24) is 4.98 Å². The maximum Gasteiger partial charge on any atom is 0.339 e. The van der Waals surface area contributed by atoms with Crippen LogP contribution in [0.15, 0.2) is 78.9 Å². The van der Waals surface area contributed by atoms with E-state index < -0.39 is 5.97 Å². The highest BCUT2D eigenvalue weighted by Crippen LogP contribution is 2.30. The Bertz CT molecular complexity index is 1160. The predicted molar refractivity (Wildman–Crippen MR) is 113 cm³/mol. The fourth-order valence-electron chi connectivity index (χ4n) is 2.96. The average Bonchev–Trinajstić information content (AvgIpc) is 2.72. The van der Waals surface area contributed by atoms with Crippen molar-refractivity contribution in [3.8, 4) is 11.3 Å². The fraction of sp³-hybridized carbons (Fsp3) is 0.0435. The van der Waals surface area contributed by atoms with Crippen LogP contribution in [0.3, 0.4) is 0 Å². The first kappa shape index (κ1) is 18.5. The molecule has 4 rings (SSSR count). The molecule has 1 aromatic heterocycles. The standard InChI is InChI=1S/C23H15Cl2NO2/c24-16-11-9-15(10-12-16)14-28-23(27)19-13-22(18-6-1-3-7-20(18)25)26-21-8-4-2-5-17(19)21/h1-13H,14H2. The molecule has 3 nitrogen and oxygen atoms in total. The minimum absolute atomic E-state index is 0.161. The average molecular weight is 408 g/mol. The maximum absolute atomic E-state index is 12.9. The van der Waals surface area contributed by atoms with E-state index in [9.17, 15) is 4.79 Å². The van der Waals surface area contributed by atoms with Crippen LogP contribution in [-0.4, -0.2) is 11.0 Å². The van der Waals surface area contributed by atoms with E-state index in [1.54, 1.807) is 24.3 Å². The Hall–Kier alpha value is -2.88. The second-order valence-corrected chi connectivity index (χ2v) is 7.10. The summed E-state index contributed by atoms with van der Waals surface area (Å²) in [4.78, 5) is 17.5. The summed E-state index contributed by atoms with van der Waals surface area (Å²) in [5.41, 5.74) is 3.42. The lowest BCUT2D eigenvalue weighted by Gasteiger charge is -2.11. The number of halogens is 2. The molecule has 0 bridgehead atoms. The number of ether oxygens (including phenoxy) is 1. The van der Waals surface area contributed by atoms with E-state index in [0.29, 0.717) is 26.8 Å². The van der Waals surface area contributed by atoms with E-state index >= 15 is 0 Å². The zero-order chi connectivity index (χ0) is 19.5. The van der Waals surface area contributed by atoms with Crippen LogP contribution < -0.4 is 0 Å². The van der Waals surface area contributed by atoms with Gasteiger partial charge in [0, 0.05) is 21.0 Å². The Balaban J connectivity index is 1.71. The number of benzene rings is 3. The molecular formula is C23H15Cl2NO2. The van der Waals surface area contributed by atoms with Gasteiger partial charge in [-0.1, -0.05) is 71.7 Å². The summed E-state index contributed by atoms with van der Waals surface area (Å²) in [7, 11) is 0. The first-order valence-corrected chi connectivity index (χ1v) is 9.44. The SMILES string of the molecule is O=C(OCc1ccc(Cl)cc1)c1cc(-c2ccccc2Cl)nc2ccccc12. The number of carbonyl (C=O) groups excluding carboxylic acids is 1. The van der Waals surface area contributed by atoms with Gasteiger partial charge in [0.25, 0.3) is 0 Å². The molecule has 138 valence electrons. The first-order valence-electron chi connectivity index (χ1n) is 8.68. The van der Waals surface area contributed by atoms with Crippen LogP contribution >= 0.6 is 23.2 Å². The van der Waals surface area contributed by atoms with Gasteiger partial charge in [-0.15, -0.1) is 0 Å². The highest BCUT2D eigenvalue weighted by atomic mass is 35.5. The van der Waals surface area contributed by atoms with Crippen molar-refractivity contribution in [2.24, 2.45) is 0 Å². The molecule has 0 radical (unpaired) electrons. The molecule has 0 aliphatic carbocycles. The molecule has 0 amide bonds. The van der Waals surface area contributed by atoms with Gasteiger partial charge in [-0.3, -0.25) is 0 Å². The van der Waals surface area contributed by atoms with E-state index in [4.69, 9.17) is 27.9 Å². The van der Waals surface area contributed by atoms with Gasteiger partial charge in [-0.2, -0.15) is 0 Å². The third kappa shape index (κ3) is 3.86. The lowest BCUT2D eigenvalue weighted by atomic mass is 10.0. The van der Waals surface area contributed by atoms with Gasteiger partial charge >= 0.3 is 5.97 Å². The number of hydrogen-bond donors (Lipinski definition) is 0.